The van der Waals surface area contributed by atoms with Gasteiger partial charge in [0.15, 0.2) is 0 Å². The van der Waals surface area contributed by atoms with Gasteiger partial charge in [0.1, 0.15) is 5.75 Å². The van der Waals surface area contributed by atoms with Crippen molar-refractivity contribution in [3.05, 3.63) is 63.1 Å². The Labute approximate surface area is 134 Å². The molecule has 0 aromatic heterocycles. The third-order valence-corrected chi connectivity index (χ3v) is 4.86. The molecule has 1 unspecified atom stereocenters. The second-order valence-corrected chi connectivity index (χ2v) is 6.32. The zero-order valence-corrected chi connectivity index (χ0v) is 14.0. The molecule has 0 amide bonds. The van der Waals surface area contributed by atoms with Crippen LogP contribution in [0.4, 0.5) is 0 Å². The fraction of sp³-hybridized carbons (Fsp3) is 0.333. The standard InChI is InChI=1S/C18H20BrNO/c1-3-20-18(14-4-6-16(19)12(2)10-14)15-5-7-17-13(11-15)8-9-21-17/h4-7,10-11,18,20H,3,8-9H2,1-2H3. The van der Waals surface area contributed by atoms with E-state index in [-0.39, 0.29) is 6.04 Å². The minimum Gasteiger partial charge on any atom is -0.493 e. The molecule has 0 aliphatic carbocycles. The third kappa shape index (κ3) is 2.99. The highest BCUT2D eigenvalue weighted by Crippen LogP contribution is 2.31. The van der Waals surface area contributed by atoms with Crippen LogP contribution in [-0.2, 0) is 6.42 Å². The van der Waals surface area contributed by atoms with E-state index in [1.165, 1.54) is 22.3 Å². The van der Waals surface area contributed by atoms with E-state index >= 15 is 0 Å². The highest BCUT2D eigenvalue weighted by atomic mass is 79.9. The molecule has 21 heavy (non-hydrogen) atoms. The van der Waals surface area contributed by atoms with Crippen molar-refractivity contribution in [1.29, 1.82) is 0 Å². The van der Waals surface area contributed by atoms with Gasteiger partial charge in [-0.05, 0) is 47.9 Å². The summed E-state index contributed by atoms with van der Waals surface area (Å²) < 4.78 is 6.76. The lowest BCUT2D eigenvalue weighted by atomic mass is 9.95. The first-order chi connectivity index (χ1) is 10.2. The molecular weight excluding hydrogens is 326 g/mol. The maximum absolute atomic E-state index is 5.61. The Morgan fingerprint density at radius 1 is 1.19 bits per heavy atom. The van der Waals surface area contributed by atoms with Gasteiger partial charge >= 0.3 is 0 Å². The van der Waals surface area contributed by atoms with Crippen LogP contribution in [0.1, 0.15) is 35.2 Å². The molecule has 0 saturated carbocycles. The highest BCUT2D eigenvalue weighted by Gasteiger charge is 2.18. The molecule has 0 bridgehead atoms. The number of nitrogens with one attached hydrogen (secondary N) is 1. The fourth-order valence-corrected chi connectivity index (χ4v) is 3.11. The van der Waals surface area contributed by atoms with Crippen LogP contribution in [-0.4, -0.2) is 13.2 Å². The van der Waals surface area contributed by atoms with Crippen molar-refractivity contribution >= 4 is 15.9 Å². The summed E-state index contributed by atoms with van der Waals surface area (Å²) in [6.45, 7) is 6.03. The fourth-order valence-electron chi connectivity index (χ4n) is 2.87. The molecule has 0 spiro atoms. The van der Waals surface area contributed by atoms with Crippen LogP contribution in [0.3, 0.4) is 0 Å². The Bertz CT molecular complexity index is 654. The monoisotopic (exact) mass is 345 g/mol. The molecule has 3 rings (SSSR count). The number of fused-ring (bicyclic) bond motifs is 1. The second kappa shape index (κ2) is 6.20. The van der Waals surface area contributed by atoms with Gasteiger partial charge in [0.05, 0.1) is 12.6 Å². The first-order valence-electron chi connectivity index (χ1n) is 7.44. The van der Waals surface area contributed by atoms with Gasteiger partial charge in [-0.3, -0.25) is 0 Å². The van der Waals surface area contributed by atoms with Crippen LogP contribution >= 0.6 is 15.9 Å². The first kappa shape index (κ1) is 14.6. The molecule has 2 nitrogen and oxygen atoms in total. The number of ether oxygens (including phenoxy) is 1. The molecular formula is C18H20BrNO. The molecule has 1 aliphatic rings. The SMILES string of the molecule is CCNC(c1ccc(Br)c(C)c1)c1ccc2c(c1)CCO2. The van der Waals surface area contributed by atoms with Gasteiger partial charge in [-0.1, -0.05) is 47.1 Å². The summed E-state index contributed by atoms with van der Waals surface area (Å²) >= 11 is 3.58. The van der Waals surface area contributed by atoms with Crippen molar-refractivity contribution < 1.29 is 4.74 Å². The average Bonchev–Trinajstić information content (AvgIpc) is 2.95. The van der Waals surface area contributed by atoms with Gasteiger partial charge in [-0.2, -0.15) is 0 Å². The van der Waals surface area contributed by atoms with E-state index in [4.69, 9.17) is 4.74 Å². The number of aryl methyl sites for hydroxylation is 1. The van der Waals surface area contributed by atoms with Crippen molar-refractivity contribution in [2.75, 3.05) is 13.2 Å². The van der Waals surface area contributed by atoms with E-state index in [0.717, 1.165) is 29.8 Å². The molecule has 1 aliphatic heterocycles. The maximum atomic E-state index is 5.61. The zero-order valence-electron chi connectivity index (χ0n) is 12.4. The van der Waals surface area contributed by atoms with Gasteiger partial charge in [0, 0.05) is 10.9 Å². The molecule has 3 heteroatoms. The van der Waals surface area contributed by atoms with E-state index in [1.807, 2.05) is 0 Å². The zero-order chi connectivity index (χ0) is 14.8. The predicted molar refractivity (Wildman–Crippen MR) is 90.0 cm³/mol. The predicted octanol–water partition coefficient (Wildman–Crippen LogP) is 4.39. The van der Waals surface area contributed by atoms with Crippen molar-refractivity contribution in [2.24, 2.45) is 0 Å². The van der Waals surface area contributed by atoms with E-state index in [2.05, 4.69) is 71.5 Å². The van der Waals surface area contributed by atoms with Gasteiger partial charge in [-0.15, -0.1) is 0 Å². The minimum atomic E-state index is 0.229. The van der Waals surface area contributed by atoms with Crippen LogP contribution in [0, 0.1) is 6.92 Å². The van der Waals surface area contributed by atoms with Crippen molar-refractivity contribution in [3.63, 3.8) is 0 Å². The summed E-state index contributed by atoms with van der Waals surface area (Å²) in [4.78, 5) is 0. The molecule has 0 fully saturated rings. The molecule has 0 radical (unpaired) electrons. The number of hydrogen-bond acceptors (Lipinski definition) is 2. The molecule has 2 aromatic rings. The Morgan fingerprint density at radius 2 is 1.95 bits per heavy atom. The number of benzene rings is 2. The molecule has 0 saturated heterocycles. The lowest BCUT2D eigenvalue weighted by Crippen LogP contribution is -2.22. The summed E-state index contributed by atoms with van der Waals surface area (Å²) in [7, 11) is 0. The van der Waals surface area contributed by atoms with Gasteiger partial charge in [-0.25, -0.2) is 0 Å². The second-order valence-electron chi connectivity index (χ2n) is 5.46. The van der Waals surface area contributed by atoms with E-state index in [1.54, 1.807) is 0 Å². The Balaban J connectivity index is 1.99. The van der Waals surface area contributed by atoms with Gasteiger partial charge < -0.3 is 10.1 Å². The number of halogens is 1. The van der Waals surface area contributed by atoms with Crippen molar-refractivity contribution in [1.82, 2.24) is 5.32 Å². The third-order valence-electron chi connectivity index (χ3n) is 3.97. The topological polar surface area (TPSA) is 21.3 Å². The van der Waals surface area contributed by atoms with Crippen LogP contribution in [0.25, 0.3) is 0 Å². The maximum Gasteiger partial charge on any atom is 0.122 e. The summed E-state index contributed by atoms with van der Waals surface area (Å²) in [5, 5.41) is 3.60. The molecule has 1 atom stereocenters. The molecule has 110 valence electrons. The quantitative estimate of drug-likeness (QED) is 0.887. The Hall–Kier alpha value is -1.32. The molecule has 1 heterocycles. The summed E-state index contributed by atoms with van der Waals surface area (Å²) in [6.07, 6.45) is 1.02. The first-order valence-corrected chi connectivity index (χ1v) is 8.23. The normalized spacial score (nSPS) is 14.6. The average molecular weight is 346 g/mol. The minimum absolute atomic E-state index is 0.229. The molecule has 2 aromatic carbocycles. The largest absolute Gasteiger partial charge is 0.493 e. The lowest BCUT2D eigenvalue weighted by Gasteiger charge is -2.20. The van der Waals surface area contributed by atoms with Crippen LogP contribution in [0.5, 0.6) is 5.75 Å². The van der Waals surface area contributed by atoms with Crippen molar-refractivity contribution in [2.45, 2.75) is 26.3 Å². The Kier molecular flexibility index (Phi) is 4.32. The highest BCUT2D eigenvalue weighted by molar-refractivity contribution is 9.10. The van der Waals surface area contributed by atoms with Crippen molar-refractivity contribution in [3.8, 4) is 5.75 Å². The van der Waals surface area contributed by atoms with Gasteiger partial charge in [0.25, 0.3) is 0 Å². The molecule has 1 N–H and O–H groups in total. The Morgan fingerprint density at radius 3 is 2.71 bits per heavy atom. The summed E-state index contributed by atoms with van der Waals surface area (Å²) in [5.41, 5.74) is 5.20. The lowest BCUT2D eigenvalue weighted by molar-refractivity contribution is 0.357. The smallest absolute Gasteiger partial charge is 0.122 e. The van der Waals surface area contributed by atoms with E-state index < -0.39 is 0 Å². The number of hydrogen-bond donors (Lipinski definition) is 1. The van der Waals surface area contributed by atoms with Crippen LogP contribution in [0.2, 0.25) is 0 Å². The number of rotatable bonds is 4. The summed E-state index contributed by atoms with van der Waals surface area (Å²) in [6, 6.07) is 13.4. The van der Waals surface area contributed by atoms with Gasteiger partial charge in [0.2, 0.25) is 0 Å². The van der Waals surface area contributed by atoms with Crippen LogP contribution < -0.4 is 10.1 Å². The van der Waals surface area contributed by atoms with E-state index in [0.29, 0.717) is 0 Å². The van der Waals surface area contributed by atoms with Crippen LogP contribution in [0.15, 0.2) is 40.9 Å². The summed E-state index contributed by atoms with van der Waals surface area (Å²) in [5.74, 6) is 1.04. The van der Waals surface area contributed by atoms with E-state index in [9.17, 15) is 0 Å².